The number of carbonyl (C=O) groups is 3. The standard InChI is InChI=1S/C23H22N2O5/c1-4-12-30-19-11-8-16(14-20(19)29-5-2)13-18-21(26)24-23(28)25(22(18)27)17-9-6-15(3)7-10-17/h4,6-11,13-14H,1,5,12H2,2-3H3,(H,24,26,28)/b18-13+. The fourth-order valence-electron chi connectivity index (χ4n) is 2.90. The van der Waals surface area contributed by atoms with Crippen LogP contribution in [0.2, 0.25) is 0 Å². The molecule has 0 spiro atoms. The van der Waals surface area contributed by atoms with Crippen LogP contribution in [0.1, 0.15) is 18.1 Å². The van der Waals surface area contributed by atoms with E-state index in [0.29, 0.717) is 36.0 Å². The SMILES string of the molecule is C=CCOc1ccc(/C=C2\C(=O)NC(=O)N(c3ccc(C)cc3)C2=O)cc1OCC. The molecule has 1 N–H and O–H groups in total. The van der Waals surface area contributed by atoms with Crippen molar-refractivity contribution < 1.29 is 23.9 Å². The molecule has 7 heteroatoms. The first-order valence-corrected chi connectivity index (χ1v) is 9.43. The predicted octanol–water partition coefficient (Wildman–Crippen LogP) is 3.62. The van der Waals surface area contributed by atoms with E-state index in [1.807, 2.05) is 13.8 Å². The van der Waals surface area contributed by atoms with Gasteiger partial charge < -0.3 is 9.47 Å². The molecule has 4 amide bonds. The fourth-order valence-corrected chi connectivity index (χ4v) is 2.90. The van der Waals surface area contributed by atoms with Gasteiger partial charge in [0.1, 0.15) is 12.2 Å². The lowest BCUT2D eigenvalue weighted by Gasteiger charge is -2.26. The van der Waals surface area contributed by atoms with Gasteiger partial charge in [0.15, 0.2) is 11.5 Å². The maximum atomic E-state index is 13.0. The normalized spacial score (nSPS) is 15.2. The number of anilines is 1. The van der Waals surface area contributed by atoms with Crippen LogP contribution in [-0.2, 0) is 9.59 Å². The number of imide groups is 2. The number of nitrogens with zero attached hydrogens (tertiary/aromatic N) is 1. The van der Waals surface area contributed by atoms with Crippen LogP contribution in [0.3, 0.4) is 0 Å². The molecule has 1 saturated heterocycles. The Labute approximate surface area is 174 Å². The van der Waals surface area contributed by atoms with Crippen LogP contribution >= 0.6 is 0 Å². The predicted molar refractivity (Wildman–Crippen MR) is 113 cm³/mol. The highest BCUT2D eigenvalue weighted by Gasteiger charge is 2.36. The van der Waals surface area contributed by atoms with E-state index in [9.17, 15) is 14.4 Å². The maximum Gasteiger partial charge on any atom is 0.335 e. The van der Waals surface area contributed by atoms with Gasteiger partial charge >= 0.3 is 6.03 Å². The summed E-state index contributed by atoms with van der Waals surface area (Å²) in [6.07, 6.45) is 3.04. The third-order valence-electron chi connectivity index (χ3n) is 4.33. The second kappa shape index (κ2) is 9.09. The Morgan fingerprint density at radius 2 is 1.77 bits per heavy atom. The van der Waals surface area contributed by atoms with Crippen molar-refractivity contribution in [1.82, 2.24) is 5.32 Å². The Kier molecular flexibility index (Phi) is 6.32. The molecular weight excluding hydrogens is 384 g/mol. The average Bonchev–Trinajstić information content (AvgIpc) is 2.72. The zero-order valence-electron chi connectivity index (χ0n) is 16.8. The average molecular weight is 406 g/mol. The Morgan fingerprint density at radius 1 is 1.03 bits per heavy atom. The summed E-state index contributed by atoms with van der Waals surface area (Å²) in [4.78, 5) is 38.5. The lowest BCUT2D eigenvalue weighted by molar-refractivity contribution is -0.122. The summed E-state index contributed by atoms with van der Waals surface area (Å²) < 4.78 is 11.2. The quantitative estimate of drug-likeness (QED) is 0.431. The molecule has 0 aliphatic carbocycles. The zero-order valence-corrected chi connectivity index (χ0v) is 16.8. The monoisotopic (exact) mass is 406 g/mol. The fraction of sp³-hybridized carbons (Fsp3) is 0.174. The number of urea groups is 1. The van der Waals surface area contributed by atoms with Gasteiger partial charge in [-0.15, -0.1) is 0 Å². The first kappa shape index (κ1) is 20.9. The van der Waals surface area contributed by atoms with Crippen molar-refractivity contribution in [2.75, 3.05) is 18.1 Å². The summed E-state index contributed by atoms with van der Waals surface area (Å²) in [5, 5.41) is 2.21. The highest BCUT2D eigenvalue weighted by atomic mass is 16.5. The van der Waals surface area contributed by atoms with Gasteiger partial charge in [-0.05, 0) is 49.8 Å². The van der Waals surface area contributed by atoms with Crippen molar-refractivity contribution in [3.63, 3.8) is 0 Å². The molecule has 0 aromatic heterocycles. The van der Waals surface area contributed by atoms with Gasteiger partial charge in [-0.2, -0.15) is 0 Å². The lowest BCUT2D eigenvalue weighted by Crippen LogP contribution is -2.54. The molecule has 3 rings (SSSR count). The van der Waals surface area contributed by atoms with Gasteiger partial charge in [0, 0.05) is 0 Å². The minimum absolute atomic E-state index is 0.155. The molecule has 1 aliphatic rings. The van der Waals surface area contributed by atoms with Crippen LogP contribution in [0.15, 0.2) is 60.7 Å². The van der Waals surface area contributed by atoms with E-state index in [0.717, 1.165) is 10.5 Å². The van der Waals surface area contributed by atoms with Gasteiger partial charge in [-0.3, -0.25) is 14.9 Å². The molecule has 0 unspecified atom stereocenters. The molecule has 1 heterocycles. The number of aryl methyl sites for hydroxylation is 1. The summed E-state index contributed by atoms with van der Waals surface area (Å²) in [6, 6.07) is 11.1. The van der Waals surface area contributed by atoms with Crippen molar-refractivity contribution in [1.29, 1.82) is 0 Å². The van der Waals surface area contributed by atoms with Crippen LogP contribution < -0.4 is 19.7 Å². The van der Waals surface area contributed by atoms with Crippen LogP contribution in [0.5, 0.6) is 11.5 Å². The summed E-state index contributed by atoms with van der Waals surface area (Å²) in [5.41, 5.74) is 1.76. The van der Waals surface area contributed by atoms with Gasteiger partial charge in [0.05, 0.1) is 12.3 Å². The highest BCUT2D eigenvalue weighted by Crippen LogP contribution is 2.30. The smallest absolute Gasteiger partial charge is 0.335 e. The number of ether oxygens (including phenoxy) is 2. The summed E-state index contributed by atoms with van der Waals surface area (Å²) in [5.74, 6) is -0.450. The molecule has 1 aliphatic heterocycles. The van der Waals surface area contributed by atoms with Crippen LogP contribution in [0.4, 0.5) is 10.5 Å². The Balaban J connectivity index is 1.96. The Hall–Kier alpha value is -3.87. The molecule has 30 heavy (non-hydrogen) atoms. The summed E-state index contributed by atoms with van der Waals surface area (Å²) >= 11 is 0. The van der Waals surface area contributed by atoms with Crippen molar-refractivity contribution in [3.05, 3.63) is 71.8 Å². The molecule has 0 saturated carbocycles. The van der Waals surface area contributed by atoms with Crippen molar-refractivity contribution >= 4 is 29.6 Å². The van der Waals surface area contributed by atoms with E-state index in [2.05, 4.69) is 11.9 Å². The number of barbiturate groups is 1. The second-order valence-corrected chi connectivity index (χ2v) is 6.53. The first-order chi connectivity index (χ1) is 14.4. The zero-order chi connectivity index (χ0) is 21.7. The number of rotatable bonds is 7. The Bertz CT molecular complexity index is 1020. The number of nitrogens with one attached hydrogen (secondary N) is 1. The van der Waals surface area contributed by atoms with Gasteiger partial charge in [-0.25, -0.2) is 9.69 Å². The van der Waals surface area contributed by atoms with Crippen molar-refractivity contribution in [2.24, 2.45) is 0 Å². The van der Waals surface area contributed by atoms with E-state index < -0.39 is 17.8 Å². The first-order valence-electron chi connectivity index (χ1n) is 9.43. The largest absolute Gasteiger partial charge is 0.490 e. The number of hydrogen-bond donors (Lipinski definition) is 1. The number of benzene rings is 2. The Morgan fingerprint density at radius 3 is 2.43 bits per heavy atom. The summed E-state index contributed by atoms with van der Waals surface area (Å²) in [7, 11) is 0. The summed E-state index contributed by atoms with van der Waals surface area (Å²) in [6.45, 7) is 8.08. The van der Waals surface area contributed by atoms with E-state index in [1.54, 1.807) is 48.5 Å². The van der Waals surface area contributed by atoms with Crippen LogP contribution in [0, 0.1) is 6.92 Å². The molecule has 0 radical (unpaired) electrons. The topological polar surface area (TPSA) is 84.9 Å². The molecule has 7 nitrogen and oxygen atoms in total. The highest BCUT2D eigenvalue weighted by molar-refractivity contribution is 6.39. The third kappa shape index (κ3) is 4.41. The number of carbonyl (C=O) groups excluding carboxylic acids is 3. The molecule has 0 bridgehead atoms. The molecule has 1 fully saturated rings. The molecular formula is C23H22N2O5. The second-order valence-electron chi connectivity index (χ2n) is 6.53. The lowest BCUT2D eigenvalue weighted by atomic mass is 10.1. The van der Waals surface area contributed by atoms with Crippen molar-refractivity contribution in [2.45, 2.75) is 13.8 Å². The van der Waals surface area contributed by atoms with Crippen LogP contribution in [0.25, 0.3) is 6.08 Å². The molecule has 2 aromatic rings. The van der Waals surface area contributed by atoms with Crippen molar-refractivity contribution in [3.8, 4) is 11.5 Å². The minimum Gasteiger partial charge on any atom is -0.490 e. The van der Waals surface area contributed by atoms with E-state index in [-0.39, 0.29) is 5.57 Å². The number of amides is 4. The number of hydrogen-bond acceptors (Lipinski definition) is 5. The van der Waals surface area contributed by atoms with E-state index in [1.165, 1.54) is 6.08 Å². The third-order valence-corrected chi connectivity index (χ3v) is 4.33. The van der Waals surface area contributed by atoms with Crippen LogP contribution in [-0.4, -0.2) is 31.1 Å². The minimum atomic E-state index is -0.783. The van der Waals surface area contributed by atoms with E-state index in [4.69, 9.17) is 9.47 Å². The molecule has 0 atom stereocenters. The van der Waals surface area contributed by atoms with E-state index >= 15 is 0 Å². The molecule has 2 aromatic carbocycles. The maximum absolute atomic E-state index is 13.0. The van der Waals surface area contributed by atoms with Gasteiger partial charge in [0.2, 0.25) is 0 Å². The van der Waals surface area contributed by atoms with Gasteiger partial charge in [0.25, 0.3) is 11.8 Å². The molecule has 154 valence electrons. The van der Waals surface area contributed by atoms with Gasteiger partial charge in [-0.1, -0.05) is 36.4 Å².